The van der Waals surface area contributed by atoms with E-state index in [1.807, 2.05) is 0 Å². The van der Waals surface area contributed by atoms with Gasteiger partial charge in [0.1, 0.15) is 5.78 Å². The number of rotatable bonds is 6. The molecule has 0 saturated heterocycles. The molecule has 0 amide bonds. The van der Waals surface area contributed by atoms with E-state index in [1.54, 1.807) is 0 Å². The fourth-order valence-electron chi connectivity index (χ4n) is 2.65. The van der Waals surface area contributed by atoms with Gasteiger partial charge in [-0.2, -0.15) is 0 Å². The van der Waals surface area contributed by atoms with Crippen molar-refractivity contribution in [3.63, 3.8) is 0 Å². The monoisotopic (exact) mass is 240 g/mol. The van der Waals surface area contributed by atoms with E-state index in [-0.39, 0.29) is 6.04 Å². The first-order valence-electron chi connectivity index (χ1n) is 7.06. The Morgan fingerprint density at radius 1 is 1.18 bits per heavy atom. The molecule has 0 spiro atoms. The van der Waals surface area contributed by atoms with E-state index < -0.39 is 0 Å². The molecule has 3 heteroatoms. The third-order valence-corrected chi connectivity index (χ3v) is 3.67. The van der Waals surface area contributed by atoms with Gasteiger partial charge >= 0.3 is 0 Å². The van der Waals surface area contributed by atoms with E-state index in [1.165, 1.54) is 12.8 Å². The van der Waals surface area contributed by atoms with Gasteiger partial charge in [0, 0.05) is 13.0 Å². The number of ketones is 1. The van der Waals surface area contributed by atoms with Crippen LogP contribution in [0.5, 0.6) is 0 Å². The lowest BCUT2D eigenvalue weighted by Gasteiger charge is -2.29. The SMILES string of the molecule is CCN(CCCN(C)C)C1CCCCCC1=O. The summed E-state index contributed by atoms with van der Waals surface area (Å²) in [6.45, 7) is 5.35. The van der Waals surface area contributed by atoms with Crippen LogP contribution in [0.4, 0.5) is 0 Å². The third-order valence-electron chi connectivity index (χ3n) is 3.67. The second-order valence-electron chi connectivity index (χ2n) is 5.37. The van der Waals surface area contributed by atoms with Crippen molar-refractivity contribution < 1.29 is 4.79 Å². The lowest BCUT2D eigenvalue weighted by molar-refractivity contribution is -0.124. The highest BCUT2D eigenvalue weighted by Gasteiger charge is 2.25. The average Bonchev–Trinajstić information content (AvgIpc) is 2.49. The number of likely N-dealkylation sites (N-methyl/N-ethyl adjacent to an activating group) is 1. The molecule has 1 atom stereocenters. The van der Waals surface area contributed by atoms with Crippen LogP contribution in [0.15, 0.2) is 0 Å². The Labute approximate surface area is 106 Å². The van der Waals surface area contributed by atoms with Crippen molar-refractivity contribution >= 4 is 5.78 Å². The van der Waals surface area contributed by atoms with Gasteiger partial charge in [-0.25, -0.2) is 0 Å². The van der Waals surface area contributed by atoms with Gasteiger partial charge < -0.3 is 4.90 Å². The Morgan fingerprint density at radius 3 is 2.59 bits per heavy atom. The van der Waals surface area contributed by atoms with Crippen LogP contribution in [0.1, 0.15) is 45.4 Å². The number of nitrogens with zero attached hydrogens (tertiary/aromatic N) is 2. The van der Waals surface area contributed by atoms with E-state index in [0.29, 0.717) is 5.78 Å². The smallest absolute Gasteiger partial charge is 0.149 e. The molecule has 0 aromatic rings. The molecule has 17 heavy (non-hydrogen) atoms. The molecule has 1 unspecified atom stereocenters. The molecule has 0 heterocycles. The van der Waals surface area contributed by atoms with Crippen LogP contribution >= 0.6 is 0 Å². The highest BCUT2D eigenvalue weighted by atomic mass is 16.1. The third kappa shape index (κ3) is 5.17. The summed E-state index contributed by atoms with van der Waals surface area (Å²) in [5.41, 5.74) is 0. The largest absolute Gasteiger partial charge is 0.309 e. The molecule has 3 nitrogen and oxygen atoms in total. The first-order valence-corrected chi connectivity index (χ1v) is 7.06. The summed E-state index contributed by atoms with van der Waals surface area (Å²) in [5, 5.41) is 0. The molecule has 100 valence electrons. The fraction of sp³-hybridized carbons (Fsp3) is 0.929. The average molecular weight is 240 g/mol. The van der Waals surface area contributed by atoms with Crippen LogP contribution < -0.4 is 0 Å². The molecule has 0 aliphatic heterocycles. The highest BCUT2D eigenvalue weighted by molar-refractivity contribution is 5.84. The van der Waals surface area contributed by atoms with Crippen LogP contribution in [0.3, 0.4) is 0 Å². The van der Waals surface area contributed by atoms with Gasteiger partial charge in [0.15, 0.2) is 0 Å². The maximum Gasteiger partial charge on any atom is 0.149 e. The van der Waals surface area contributed by atoms with Crippen LogP contribution in [0.2, 0.25) is 0 Å². The molecule has 0 N–H and O–H groups in total. The first-order chi connectivity index (χ1) is 8.15. The maximum absolute atomic E-state index is 12.1. The van der Waals surface area contributed by atoms with Crippen molar-refractivity contribution in [3.05, 3.63) is 0 Å². The minimum atomic E-state index is 0.213. The summed E-state index contributed by atoms with van der Waals surface area (Å²) in [7, 11) is 4.21. The molecule has 1 aliphatic carbocycles. The van der Waals surface area contributed by atoms with Crippen molar-refractivity contribution in [1.82, 2.24) is 9.80 Å². The molecule has 0 radical (unpaired) electrons. The van der Waals surface area contributed by atoms with Crippen molar-refractivity contribution in [2.45, 2.75) is 51.5 Å². The van der Waals surface area contributed by atoms with Crippen LogP contribution in [-0.4, -0.2) is 55.4 Å². The van der Waals surface area contributed by atoms with E-state index in [9.17, 15) is 4.79 Å². The summed E-state index contributed by atoms with van der Waals surface area (Å²) in [5.74, 6) is 0.481. The predicted molar refractivity (Wildman–Crippen MR) is 72.3 cm³/mol. The second-order valence-corrected chi connectivity index (χ2v) is 5.37. The Bertz CT molecular complexity index is 228. The molecule has 0 aromatic carbocycles. The van der Waals surface area contributed by atoms with E-state index in [4.69, 9.17) is 0 Å². The summed E-state index contributed by atoms with van der Waals surface area (Å²) in [6.07, 6.45) is 6.59. The van der Waals surface area contributed by atoms with E-state index >= 15 is 0 Å². The fourth-order valence-corrected chi connectivity index (χ4v) is 2.65. The zero-order valence-corrected chi connectivity index (χ0v) is 11.7. The summed E-state index contributed by atoms with van der Waals surface area (Å²) in [6, 6.07) is 0.213. The highest BCUT2D eigenvalue weighted by Crippen LogP contribution is 2.19. The number of Topliss-reactive ketones (excluding diaryl/α,β-unsaturated/α-hetero) is 1. The van der Waals surface area contributed by atoms with Crippen LogP contribution in [0, 0.1) is 0 Å². The van der Waals surface area contributed by atoms with Crippen molar-refractivity contribution in [1.29, 1.82) is 0 Å². The molecule has 1 aliphatic rings. The molecule has 1 fully saturated rings. The van der Waals surface area contributed by atoms with Gasteiger partial charge in [-0.1, -0.05) is 19.8 Å². The molecule has 0 bridgehead atoms. The van der Waals surface area contributed by atoms with Gasteiger partial charge in [-0.15, -0.1) is 0 Å². The van der Waals surface area contributed by atoms with Crippen molar-refractivity contribution in [2.24, 2.45) is 0 Å². The molecule has 1 saturated carbocycles. The minimum Gasteiger partial charge on any atom is -0.309 e. The molecule has 1 rings (SSSR count). The maximum atomic E-state index is 12.1. The van der Waals surface area contributed by atoms with Gasteiger partial charge in [0.05, 0.1) is 6.04 Å². The van der Waals surface area contributed by atoms with Gasteiger partial charge in [0.25, 0.3) is 0 Å². The zero-order valence-electron chi connectivity index (χ0n) is 11.7. The Hall–Kier alpha value is -0.410. The predicted octanol–water partition coefficient (Wildman–Crippen LogP) is 2.16. The summed E-state index contributed by atoms with van der Waals surface area (Å²) in [4.78, 5) is 16.7. The van der Waals surface area contributed by atoms with Crippen LogP contribution in [0.25, 0.3) is 0 Å². The van der Waals surface area contributed by atoms with Crippen molar-refractivity contribution in [3.8, 4) is 0 Å². The number of carbonyl (C=O) groups is 1. The molecule has 0 aromatic heterocycles. The number of hydrogen-bond donors (Lipinski definition) is 0. The normalized spacial score (nSPS) is 22.2. The Morgan fingerprint density at radius 2 is 1.94 bits per heavy atom. The standard InChI is InChI=1S/C14H28N2O/c1-4-16(12-8-11-15(2)3)13-9-6-5-7-10-14(13)17/h13H,4-12H2,1-3H3. The second kappa shape index (κ2) is 7.83. The van der Waals surface area contributed by atoms with Gasteiger partial charge in [-0.3, -0.25) is 9.69 Å². The summed E-state index contributed by atoms with van der Waals surface area (Å²) < 4.78 is 0. The number of hydrogen-bond acceptors (Lipinski definition) is 3. The van der Waals surface area contributed by atoms with Gasteiger partial charge in [-0.05, 0) is 46.4 Å². The Kier molecular flexibility index (Phi) is 6.75. The van der Waals surface area contributed by atoms with Crippen LogP contribution in [-0.2, 0) is 4.79 Å². The quantitative estimate of drug-likeness (QED) is 0.665. The first kappa shape index (κ1) is 14.7. The zero-order chi connectivity index (χ0) is 12.7. The lowest BCUT2D eigenvalue weighted by Crippen LogP contribution is -2.41. The van der Waals surface area contributed by atoms with Gasteiger partial charge in [0.2, 0.25) is 0 Å². The minimum absolute atomic E-state index is 0.213. The Balaban J connectivity index is 2.43. The van der Waals surface area contributed by atoms with E-state index in [0.717, 1.165) is 45.3 Å². The molecular weight excluding hydrogens is 212 g/mol. The lowest BCUT2D eigenvalue weighted by atomic mass is 10.1. The number of carbonyl (C=O) groups excluding carboxylic acids is 1. The molecular formula is C14H28N2O. The topological polar surface area (TPSA) is 23.6 Å². The van der Waals surface area contributed by atoms with E-state index in [2.05, 4.69) is 30.8 Å². The van der Waals surface area contributed by atoms with Crippen molar-refractivity contribution in [2.75, 3.05) is 33.7 Å². The summed E-state index contributed by atoms with van der Waals surface area (Å²) >= 11 is 0.